The number of aryl methyl sites for hydroxylation is 1. The van der Waals surface area contributed by atoms with Gasteiger partial charge in [-0.3, -0.25) is 23.4 Å². The van der Waals surface area contributed by atoms with Crippen molar-refractivity contribution >= 4 is 17.7 Å². The predicted molar refractivity (Wildman–Crippen MR) is 202 cm³/mol. The standard InChI is InChI=1S/C35H64N5O10PS/c1-5-7-9-11-12-13-14-15-17-19-24-52(45,46)32(21-18-16-10-8-6-2)29(4)47-22-20-23-48-51(43,44)49-27-31-30(38-39-36)25-33(50-31)40-26-28(3)34(41)37-35(40)42/h26,29-33H,5-25,27H2,1-4H3,(H,43,44)(H,37,41,42)/t29?,30-,31+,32?,33+/m0/s1. The van der Waals surface area contributed by atoms with E-state index in [0.717, 1.165) is 55.9 Å². The summed E-state index contributed by atoms with van der Waals surface area (Å²) in [6.45, 7) is 7.14. The van der Waals surface area contributed by atoms with E-state index in [-0.39, 0.29) is 37.4 Å². The molecule has 0 spiro atoms. The molecule has 0 amide bonds. The number of hydrogen-bond donors (Lipinski definition) is 2. The van der Waals surface area contributed by atoms with Crippen molar-refractivity contribution in [3.8, 4) is 0 Å². The Hall–Kier alpha value is -2.03. The van der Waals surface area contributed by atoms with Crippen LogP contribution in [0.15, 0.2) is 20.9 Å². The molecule has 1 aromatic heterocycles. The van der Waals surface area contributed by atoms with E-state index in [4.69, 9.17) is 24.1 Å². The highest BCUT2D eigenvalue weighted by molar-refractivity contribution is 7.92. The number of phosphoric acid groups is 1. The molecule has 0 aliphatic carbocycles. The summed E-state index contributed by atoms with van der Waals surface area (Å²) in [5.74, 6) is 0.151. The molecule has 17 heteroatoms. The van der Waals surface area contributed by atoms with Crippen LogP contribution in [0.1, 0.15) is 148 Å². The number of H-pyrrole nitrogens is 1. The van der Waals surface area contributed by atoms with Crippen LogP contribution < -0.4 is 11.2 Å². The molecule has 15 nitrogen and oxygen atoms in total. The van der Waals surface area contributed by atoms with Crippen molar-refractivity contribution < 1.29 is 36.4 Å². The van der Waals surface area contributed by atoms with Gasteiger partial charge in [-0.2, -0.15) is 0 Å². The highest BCUT2D eigenvalue weighted by Crippen LogP contribution is 2.44. The van der Waals surface area contributed by atoms with Crippen LogP contribution in [0.2, 0.25) is 0 Å². The quantitative estimate of drug-likeness (QED) is 0.0254. The van der Waals surface area contributed by atoms with Gasteiger partial charge in [0.05, 0.1) is 42.5 Å². The molecule has 0 aromatic carbocycles. The van der Waals surface area contributed by atoms with Crippen molar-refractivity contribution in [1.29, 1.82) is 0 Å². The van der Waals surface area contributed by atoms with Gasteiger partial charge in [0.15, 0.2) is 9.84 Å². The van der Waals surface area contributed by atoms with E-state index in [2.05, 4.69) is 28.9 Å². The van der Waals surface area contributed by atoms with Gasteiger partial charge in [0.1, 0.15) is 6.23 Å². The van der Waals surface area contributed by atoms with Crippen LogP contribution >= 0.6 is 7.82 Å². The highest BCUT2D eigenvalue weighted by Gasteiger charge is 2.38. The number of rotatable bonds is 30. The molecule has 1 aromatic rings. The van der Waals surface area contributed by atoms with Crippen LogP contribution in [-0.4, -0.2) is 71.9 Å². The van der Waals surface area contributed by atoms with Gasteiger partial charge >= 0.3 is 13.5 Å². The summed E-state index contributed by atoms with van der Waals surface area (Å²) in [4.78, 5) is 39.3. The molecule has 1 aliphatic heterocycles. The van der Waals surface area contributed by atoms with Crippen LogP contribution in [0.3, 0.4) is 0 Å². The predicted octanol–water partition coefficient (Wildman–Crippen LogP) is 7.81. The Morgan fingerprint density at radius 1 is 0.981 bits per heavy atom. The van der Waals surface area contributed by atoms with Crippen LogP contribution in [0.25, 0.3) is 10.4 Å². The van der Waals surface area contributed by atoms with Gasteiger partial charge in [0, 0.05) is 29.7 Å². The summed E-state index contributed by atoms with van der Waals surface area (Å²) in [6, 6.07) is -0.815. The first-order valence-electron chi connectivity index (χ1n) is 19.3. The molecule has 300 valence electrons. The molecule has 1 fully saturated rings. The fourth-order valence-electron chi connectivity index (χ4n) is 6.44. The average molecular weight is 778 g/mol. The molecule has 0 bridgehead atoms. The van der Waals surface area contributed by atoms with Gasteiger partial charge < -0.3 is 14.4 Å². The van der Waals surface area contributed by atoms with Crippen molar-refractivity contribution in [1.82, 2.24) is 9.55 Å². The number of aromatic nitrogens is 2. The van der Waals surface area contributed by atoms with E-state index in [9.17, 15) is 27.5 Å². The SMILES string of the molecule is CCCCCCCCCCCCS(=O)(=O)C(CCCCCCC)C(C)OCCCOP(=O)(O)OC[C@H]1O[C@@H](n2cc(C)c(=O)[nH]c2=O)C[C@@H]1N=[N+]=[N-]. The van der Waals surface area contributed by atoms with Gasteiger partial charge in [0.25, 0.3) is 5.56 Å². The first-order chi connectivity index (χ1) is 24.8. The van der Waals surface area contributed by atoms with Gasteiger partial charge in [-0.1, -0.05) is 109 Å². The number of unbranched alkanes of at least 4 members (excludes halogenated alkanes) is 13. The molecule has 52 heavy (non-hydrogen) atoms. The number of sulfone groups is 1. The largest absolute Gasteiger partial charge is 0.472 e. The Labute approximate surface area is 309 Å². The maximum absolute atomic E-state index is 13.5. The third-order valence-electron chi connectivity index (χ3n) is 9.55. The zero-order valence-corrected chi connectivity index (χ0v) is 33.5. The maximum atomic E-state index is 13.5. The monoisotopic (exact) mass is 777 g/mol. The van der Waals surface area contributed by atoms with Crippen molar-refractivity contribution in [2.75, 3.05) is 25.6 Å². The zero-order valence-electron chi connectivity index (χ0n) is 31.8. The van der Waals surface area contributed by atoms with E-state index < -0.39 is 65.2 Å². The Balaban J connectivity index is 1.81. The highest BCUT2D eigenvalue weighted by atomic mass is 32.2. The molecule has 1 aliphatic rings. The topological polar surface area (TPSA) is 212 Å². The number of phosphoric ester groups is 1. The fraction of sp³-hybridized carbons (Fsp3) is 0.886. The van der Waals surface area contributed by atoms with Gasteiger partial charge in [0.2, 0.25) is 0 Å². The van der Waals surface area contributed by atoms with Crippen molar-refractivity contribution in [2.45, 2.75) is 173 Å². The number of nitrogens with one attached hydrogen (secondary N) is 1. The Morgan fingerprint density at radius 3 is 2.19 bits per heavy atom. The molecule has 0 saturated carbocycles. The van der Waals surface area contributed by atoms with Crippen molar-refractivity contribution in [2.24, 2.45) is 5.11 Å². The molecule has 1 saturated heterocycles. The summed E-state index contributed by atoms with van der Waals surface area (Å²) in [5, 5.41) is 3.06. The van der Waals surface area contributed by atoms with E-state index in [1.165, 1.54) is 51.6 Å². The summed E-state index contributed by atoms with van der Waals surface area (Å²) in [7, 11) is -7.93. The number of aromatic amines is 1. The minimum absolute atomic E-state index is 0.0737. The normalized spacial score (nSPS) is 20.0. The van der Waals surface area contributed by atoms with Gasteiger partial charge in [-0.25, -0.2) is 17.8 Å². The van der Waals surface area contributed by atoms with E-state index >= 15 is 0 Å². The lowest BCUT2D eigenvalue weighted by molar-refractivity contribution is -0.0288. The van der Waals surface area contributed by atoms with Gasteiger partial charge in [-0.15, -0.1) is 0 Å². The molecule has 6 atom stereocenters. The number of ether oxygens (including phenoxy) is 2. The summed E-state index contributed by atoms with van der Waals surface area (Å²) < 4.78 is 62.8. The lowest BCUT2D eigenvalue weighted by Crippen LogP contribution is -2.36. The van der Waals surface area contributed by atoms with Crippen molar-refractivity contribution in [3.05, 3.63) is 43.0 Å². The second-order valence-corrected chi connectivity index (χ2v) is 17.7. The first-order valence-corrected chi connectivity index (χ1v) is 22.5. The van der Waals surface area contributed by atoms with Gasteiger partial charge in [-0.05, 0) is 38.6 Å². The van der Waals surface area contributed by atoms with Crippen LogP contribution in [-0.2, 0) is 32.9 Å². The van der Waals surface area contributed by atoms with E-state index in [1.807, 2.05) is 0 Å². The molecule has 2 N–H and O–H groups in total. The van der Waals surface area contributed by atoms with Crippen LogP contribution in [0, 0.1) is 6.92 Å². The molecule has 2 rings (SSSR count). The minimum Gasteiger partial charge on any atom is -0.377 e. The third-order valence-corrected chi connectivity index (χ3v) is 12.9. The second kappa shape index (κ2) is 25.1. The van der Waals surface area contributed by atoms with Crippen LogP contribution in [0.4, 0.5) is 0 Å². The second-order valence-electron chi connectivity index (χ2n) is 13.9. The average Bonchev–Trinajstić information content (AvgIpc) is 3.50. The molecular formula is C35H64N5O10PS. The number of hydrogen-bond acceptors (Lipinski definition) is 10. The van der Waals surface area contributed by atoms with E-state index in [1.54, 1.807) is 6.92 Å². The maximum Gasteiger partial charge on any atom is 0.472 e. The minimum atomic E-state index is -4.55. The lowest BCUT2D eigenvalue weighted by Gasteiger charge is -2.25. The summed E-state index contributed by atoms with van der Waals surface area (Å²) >= 11 is 0. The molecule has 2 heterocycles. The zero-order chi connectivity index (χ0) is 38.4. The number of nitrogens with zero attached hydrogens (tertiary/aromatic N) is 4. The Bertz CT molecular complexity index is 1480. The van der Waals surface area contributed by atoms with E-state index in [0.29, 0.717) is 12.8 Å². The third kappa shape index (κ3) is 17.4. The van der Waals surface area contributed by atoms with Crippen LogP contribution in [0.5, 0.6) is 0 Å². The fourth-order valence-corrected chi connectivity index (χ4v) is 9.31. The first kappa shape index (κ1) is 46.1. The smallest absolute Gasteiger partial charge is 0.377 e. The summed E-state index contributed by atoms with van der Waals surface area (Å²) in [6.07, 6.45) is 16.2. The lowest BCUT2D eigenvalue weighted by atomic mass is 10.1. The molecule has 3 unspecified atom stereocenters. The Morgan fingerprint density at radius 2 is 1.58 bits per heavy atom. The Kier molecular flexibility index (Phi) is 22.3. The molecular weight excluding hydrogens is 713 g/mol. The molecule has 0 radical (unpaired) electrons. The summed E-state index contributed by atoms with van der Waals surface area (Å²) in [5.41, 5.74) is 8.03. The number of azide groups is 1. The van der Waals surface area contributed by atoms with Crippen molar-refractivity contribution in [3.63, 3.8) is 0 Å².